The van der Waals surface area contributed by atoms with Gasteiger partial charge in [0.15, 0.2) is 0 Å². The van der Waals surface area contributed by atoms with Crippen LogP contribution in [-0.4, -0.2) is 50.0 Å². The molecule has 29 heavy (non-hydrogen) atoms. The Morgan fingerprint density at radius 1 is 1.14 bits per heavy atom. The third-order valence-electron chi connectivity index (χ3n) is 4.54. The fraction of sp³-hybridized carbons (Fsp3) is 0.600. The van der Waals surface area contributed by atoms with Crippen molar-refractivity contribution >= 4 is 27.7 Å². The standard InChI is InChI=1S/C20H31N3O5S/c1-15-10-13-23(14-11-15)29(26,27)17-7-5-16(6-8-17)22-18(24)9-12-21-19(25)28-20(2,3)4/h5-8,15H,9-14H2,1-4H3,(H,21,25)(H,22,24). The molecule has 0 saturated carbocycles. The summed E-state index contributed by atoms with van der Waals surface area (Å²) in [7, 11) is -3.51. The van der Waals surface area contributed by atoms with Crippen molar-refractivity contribution in [3.8, 4) is 0 Å². The Labute approximate surface area is 173 Å². The molecule has 1 aromatic carbocycles. The van der Waals surface area contributed by atoms with Gasteiger partial charge in [0.2, 0.25) is 15.9 Å². The highest BCUT2D eigenvalue weighted by Gasteiger charge is 2.27. The van der Waals surface area contributed by atoms with Gasteiger partial charge in [-0.15, -0.1) is 0 Å². The summed E-state index contributed by atoms with van der Waals surface area (Å²) in [6.45, 7) is 8.61. The minimum Gasteiger partial charge on any atom is -0.444 e. The normalized spacial score (nSPS) is 16.3. The predicted molar refractivity (Wildman–Crippen MR) is 111 cm³/mol. The fourth-order valence-electron chi connectivity index (χ4n) is 2.90. The molecule has 0 atom stereocenters. The van der Waals surface area contributed by atoms with E-state index in [9.17, 15) is 18.0 Å². The van der Waals surface area contributed by atoms with E-state index in [1.54, 1.807) is 32.9 Å². The van der Waals surface area contributed by atoms with Crippen molar-refractivity contribution in [2.45, 2.75) is 57.5 Å². The zero-order valence-electron chi connectivity index (χ0n) is 17.5. The molecule has 0 aliphatic carbocycles. The molecule has 2 N–H and O–H groups in total. The number of benzene rings is 1. The molecule has 0 radical (unpaired) electrons. The zero-order chi connectivity index (χ0) is 21.7. The van der Waals surface area contributed by atoms with Crippen LogP contribution in [0.15, 0.2) is 29.2 Å². The smallest absolute Gasteiger partial charge is 0.407 e. The molecule has 2 rings (SSSR count). The van der Waals surface area contributed by atoms with Crippen LogP contribution in [0, 0.1) is 5.92 Å². The van der Waals surface area contributed by atoms with Crippen molar-refractivity contribution in [2.24, 2.45) is 5.92 Å². The quantitative estimate of drug-likeness (QED) is 0.729. The lowest BCUT2D eigenvalue weighted by molar-refractivity contribution is -0.116. The first-order valence-corrected chi connectivity index (χ1v) is 11.3. The SMILES string of the molecule is CC1CCN(S(=O)(=O)c2ccc(NC(=O)CCNC(=O)OC(C)(C)C)cc2)CC1. The molecule has 0 unspecified atom stereocenters. The van der Waals surface area contributed by atoms with Crippen LogP contribution in [0.5, 0.6) is 0 Å². The molecule has 1 aromatic rings. The zero-order valence-corrected chi connectivity index (χ0v) is 18.3. The largest absolute Gasteiger partial charge is 0.444 e. The van der Waals surface area contributed by atoms with E-state index in [0.717, 1.165) is 12.8 Å². The lowest BCUT2D eigenvalue weighted by atomic mass is 10.0. The van der Waals surface area contributed by atoms with Crippen LogP contribution in [0.2, 0.25) is 0 Å². The number of sulfonamides is 1. The lowest BCUT2D eigenvalue weighted by Gasteiger charge is -2.29. The van der Waals surface area contributed by atoms with Crippen molar-refractivity contribution in [1.29, 1.82) is 0 Å². The van der Waals surface area contributed by atoms with Crippen molar-refractivity contribution in [2.75, 3.05) is 25.0 Å². The number of piperidine rings is 1. The number of ether oxygens (including phenoxy) is 1. The summed E-state index contributed by atoms with van der Waals surface area (Å²) in [5.41, 5.74) is -0.0978. The number of nitrogens with zero attached hydrogens (tertiary/aromatic N) is 1. The summed E-state index contributed by atoms with van der Waals surface area (Å²) < 4.78 is 32.0. The Balaban J connectivity index is 1.84. The van der Waals surface area contributed by atoms with E-state index >= 15 is 0 Å². The van der Waals surface area contributed by atoms with Gasteiger partial charge >= 0.3 is 6.09 Å². The average Bonchev–Trinajstić information content (AvgIpc) is 2.61. The maximum Gasteiger partial charge on any atom is 0.407 e. The molecular weight excluding hydrogens is 394 g/mol. The van der Waals surface area contributed by atoms with Crippen molar-refractivity contribution < 1.29 is 22.7 Å². The van der Waals surface area contributed by atoms with Crippen molar-refractivity contribution in [1.82, 2.24) is 9.62 Å². The van der Waals surface area contributed by atoms with Crippen LogP contribution in [0.1, 0.15) is 47.0 Å². The summed E-state index contributed by atoms with van der Waals surface area (Å²) >= 11 is 0. The van der Waals surface area contributed by atoms with Crippen LogP contribution < -0.4 is 10.6 Å². The summed E-state index contributed by atoms with van der Waals surface area (Å²) in [6, 6.07) is 6.14. The Kier molecular flexibility index (Phi) is 7.65. The number of carbonyl (C=O) groups is 2. The molecule has 8 nitrogen and oxygen atoms in total. The minimum atomic E-state index is -3.51. The van der Waals surface area contributed by atoms with E-state index < -0.39 is 21.7 Å². The van der Waals surface area contributed by atoms with Crippen LogP contribution in [0.4, 0.5) is 10.5 Å². The van der Waals surface area contributed by atoms with Gasteiger partial charge in [-0.3, -0.25) is 4.79 Å². The molecule has 0 spiro atoms. The molecule has 1 heterocycles. The average molecular weight is 426 g/mol. The number of carbonyl (C=O) groups excluding carboxylic acids is 2. The molecule has 1 saturated heterocycles. The van der Waals surface area contributed by atoms with E-state index in [1.807, 2.05) is 0 Å². The van der Waals surface area contributed by atoms with E-state index in [-0.39, 0.29) is 23.8 Å². The third-order valence-corrected chi connectivity index (χ3v) is 6.45. The monoisotopic (exact) mass is 425 g/mol. The molecular formula is C20H31N3O5S. The summed E-state index contributed by atoms with van der Waals surface area (Å²) in [5.74, 6) is 0.255. The summed E-state index contributed by atoms with van der Waals surface area (Å²) in [5, 5.41) is 5.21. The molecule has 9 heteroatoms. The number of hydrogen-bond donors (Lipinski definition) is 2. The van der Waals surface area contributed by atoms with Crippen molar-refractivity contribution in [3.63, 3.8) is 0 Å². The number of nitrogens with one attached hydrogen (secondary N) is 2. The highest BCUT2D eigenvalue weighted by atomic mass is 32.2. The second kappa shape index (κ2) is 9.58. The van der Waals surface area contributed by atoms with E-state index in [0.29, 0.717) is 24.7 Å². The molecule has 1 aliphatic rings. The first-order chi connectivity index (χ1) is 13.5. The van der Waals surface area contributed by atoms with Crippen LogP contribution >= 0.6 is 0 Å². The molecule has 0 aromatic heterocycles. The van der Waals surface area contributed by atoms with E-state index in [1.165, 1.54) is 16.4 Å². The van der Waals surface area contributed by atoms with Gasteiger partial charge in [0.05, 0.1) is 4.90 Å². The van der Waals surface area contributed by atoms with Gasteiger partial charge in [0.25, 0.3) is 0 Å². The Hall–Kier alpha value is -2.13. The lowest BCUT2D eigenvalue weighted by Crippen LogP contribution is -2.37. The van der Waals surface area contributed by atoms with E-state index in [2.05, 4.69) is 17.6 Å². The topological polar surface area (TPSA) is 105 Å². The number of anilines is 1. The van der Waals surface area contributed by atoms with Gasteiger partial charge in [-0.2, -0.15) is 4.31 Å². The van der Waals surface area contributed by atoms with Gasteiger partial charge in [0.1, 0.15) is 5.60 Å². The molecule has 162 valence electrons. The van der Waals surface area contributed by atoms with Gasteiger partial charge < -0.3 is 15.4 Å². The van der Waals surface area contributed by atoms with Gasteiger partial charge in [-0.05, 0) is 63.8 Å². The van der Waals surface area contributed by atoms with Gasteiger partial charge in [0, 0.05) is 31.7 Å². The van der Waals surface area contributed by atoms with Gasteiger partial charge in [-0.25, -0.2) is 13.2 Å². The first kappa shape index (κ1) is 23.2. The second-order valence-corrected chi connectivity index (χ2v) is 10.3. The fourth-order valence-corrected chi connectivity index (χ4v) is 4.37. The molecule has 1 aliphatic heterocycles. The van der Waals surface area contributed by atoms with Crippen molar-refractivity contribution in [3.05, 3.63) is 24.3 Å². The minimum absolute atomic E-state index is 0.0747. The third kappa shape index (κ3) is 7.32. The van der Waals surface area contributed by atoms with Gasteiger partial charge in [-0.1, -0.05) is 6.92 Å². The number of alkyl carbamates (subject to hydrolysis) is 1. The van der Waals surface area contributed by atoms with Crippen LogP contribution in [-0.2, 0) is 19.6 Å². The Bertz CT molecular complexity index is 808. The summed E-state index contributed by atoms with van der Waals surface area (Å²) in [6.07, 6.45) is 1.23. The first-order valence-electron chi connectivity index (χ1n) is 9.84. The number of amides is 2. The molecule has 0 bridgehead atoms. The highest BCUT2D eigenvalue weighted by molar-refractivity contribution is 7.89. The Morgan fingerprint density at radius 2 is 1.72 bits per heavy atom. The highest BCUT2D eigenvalue weighted by Crippen LogP contribution is 2.24. The number of rotatable bonds is 6. The van der Waals surface area contributed by atoms with Crippen LogP contribution in [0.25, 0.3) is 0 Å². The second-order valence-electron chi connectivity index (χ2n) is 8.34. The predicted octanol–water partition coefficient (Wildman–Crippen LogP) is 2.96. The van der Waals surface area contributed by atoms with E-state index in [4.69, 9.17) is 4.74 Å². The maximum atomic E-state index is 12.7. The maximum absolute atomic E-state index is 12.7. The Morgan fingerprint density at radius 3 is 2.28 bits per heavy atom. The summed E-state index contributed by atoms with van der Waals surface area (Å²) in [4.78, 5) is 23.8. The molecule has 2 amide bonds. The molecule has 1 fully saturated rings. The number of hydrogen-bond acceptors (Lipinski definition) is 5. The van der Waals surface area contributed by atoms with Crippen LogP contribution in [0.3, 0.4) is 0 Å².